The van der Waals surface area contributed by atoms with Crippen LogP contribution < -0.4 is 16.6 Å². The van der Waals surface area contributed by atoms with Gasteiger partial charge in [-0.3, -0.25) is 9.59 Å². The lowest BCUT2D eigenvalue weighted by atomic mass is 9.92. The predicted molar refractivity (Wildman–Crippen MR) is 119 cm³/mol. The summed E-state index contributed by atoms with van der Waals surface area (Å²) in [5.74, 6) is -0.226. The van der Waals surface area contributed by atoms with Crippen molar-refractivity contribution >= 4 is 45.0 Å². The molecular weight excluding hydrogens is 424 g/mol. The lowest BCUT2D eigenvalue weighted by molar-refractivity contribution is -0.120. The molecule has 2 aromatic heterocycles. The Morgan fingerprint density at radius 3 is 2.90 bits per heavy atom. The number of nitrogens with one attached hydrogen (secondary N) is 2. The summed E-state index contributed by atoms with van der Waals surface area (Å²) >= 11 is 2.81. The standard InChI is InChI=1S/C20H22N4O4S2/c1-29-13-2-3-14-15(11-13)22-20(27)24(18(14)26)16(10-12-4-7-28-8-5-12)17(25)23-19-21-6-9-30-19/h2-3,6,9,11-12,16H,4-5,7-8,10H2,1H3,(H,22,27)(H,21,23,25). The molecule has 3 aromatic rings. The number of nitrogens with zero attached hydrogens (tertiary/aromatic N) is 2. The van der Waals surface area contributed by atoms with E-state index in [0.717, 1.165) is 22.3 Å². The first kappa shape index (κ1) is 20.8. The van der Waals surface area contributed by atoms with Gasteiger partial charge in [0, 0.05) is 29.7 Å². The van der Waals surface area contributed by atoms with Gasteiger partial charge in [-0.15, -0.1) is 23.1 Å². The van der Waals surface area contributed by atoms with Gasteiger partial charge in [0.15, 0.2) is 5.13 Å². The van der Waals surface area contributed by atoms with Crippen molar-refractivity contribution in [1.82, 2.24) is 14.5 Å². The highest BCUT2D eigenvalue weighted by Gasteiger charge is 2.29. The molecule has 0 radical (unpaired) electrons. The SMILES string of the molecule is CSc1ccc2c(=O)n(C(CC3CCOCC3)C(=O)Nc3nccs3)c(=O)[nH]c2c1. The van der Waals surface area contributed by atoms with Gasteiger partial charge in [0.2, 0.25) is 5.91 Å². The third kappa shape index (κ3) is 4.35. The summed E-state index contributed by atoms with van der Waals surface area (Å²) < 4.78 is 6.47. The van der Waals surface area contributed by atoms with E-state index in [9.17, 15) is 14.4 Å². The summed E-state index contributed by atoms with van der Waals surface area (Å²) in [5.41, 5.74) is -0.580. The molecule has 1 aromatic carbocycles. The second-order valence-electron chi connectivity index (χ2n) is 7.15. The van der Waals surface area contributed by atoms with Crippen molar-refractivity contribution in [2.24, 2.45) is 5.92 Å². The highest BCUT2D eigenvalue weighted by Crippen LogP contribution is 2.26. The van der Waals surface area contributed by atoms with Crippen molar-refractivity contribution in [2.75, 3.05) is 24.8 Å². The van der Waals surface area contributed by atoms with Gasteiger partial charge >= 0.3 is 5.69 Å². The minimum Gasteiger partial charge on any atom is -0.381 e. The second-order valence-corrected chi connectivity index (χ2v) is 8.92. The Kier molecular flexibility index (Phi) is 6.35. The number of thioether (sulfide) groups is 1. The molecule has 1 unspecified atom stereocenters. The number of carbonyl (C=O) groups excluding carboxylic acids is 1. The highest BCUT2D eigenvalue weighted by atomic mass is 32.2. The number of carbonyl (C=O) groups is 1. The molecule has 1 atom stereocenters. The Balaban J connectivity index is 1.76. The molecule has 1 amide bonds. The van der Waals surface area contributed by atoms with Gasteiger partial charge in [-0.2, -0.15) is 0 Å². The maximum absolute atomic E-state index is 13.3. The predicted octanol–water partition coefficient (Wildman–Crippen LogP) is 2.86. The summed E-state index contributed by atoms with van der Waals surface area (Å²) in [4.78, 5) is 47.1. The number of hydrogen-bond donors (Lipinski definition) is 2. The fraction of sp³-hybridized carbons (Fsp3) is 0.400. The summed E-state index contributed by atoms with van der Waals surface area (Å²) in [6.45, 7) is 1.23. The van der Waals surface area contributed by atoms with Crippen LogP contribution in [0.25, 0.3) is 10.9 Å². The summed E-state index contributed by atoms with van der Waals surface area (Å²) in [5, 5.41) is 5.32. The third-order valence-electron chi connectivity index (χ3n) is 5.31. The van der Waals surface area contributed by atoms with Crippen molar-refractivity contribution in [3.05, 3.63) is 50.6 Å². The number of thiazole rings is 1. The number of amides is 1. The molecule has 0 bridgehead atoms. The highest BCUT2D eigenvalue weighted by molar-refractivity contribution is 7.98. The molecule has 158 valence electrons. The molecule has 0 aliphatic carbocycles. The number of aromatic nitrogens is 3. The number of anilines is 1. The van der Waals surface area contributed by atoms with Crippen LogP contribution in [0, 0.1) is 5.92 Å². The van der Waals surface area contributed by atoms with Crippen LogP contribution in [0.1, 0.15) is 25.3 Å². The zero-order valence-electron chi connectivity index (χ0n) is 16.4. The van der Waals surface area contributed by atoms with Gasteiger partial charge in [0.1, 0.15) is 6.04 Å². The quantitative estimate of drug-likeness (QED) is 0.564. The number of ether oxygens (including phenoxy) is 1. The van der Waals surface area contributed by atoms with Gasteiger partial charge < -0.3 is 15.0 Å². The van der Waals surface area contributed by atoms with Gasteiger partial charge in [-0.1, -0.05) is 0 Å². The molecule has 1 fully saturated rings. The maximum Gasteiger partial charge on any atom is 0.329 e. The monoisotopic (exact) mass is 446 g/mol. The van der Waals surface area contributed by atoms with Crippen LogP contribution in [0.15, 0.2) is 44.3 Å². The van der Waals surface area contributed by atoms with Crippen LogP contribution in [-0.4, -0.2) is 39.9 Å². The Morgan fingerprint density at radius 1 is 1.40 bits per heavy atom. The smallest absolute Gasteiger partial charge is 0.329 e. The average molecular weight is 447 g/mol. The van der Waals surface area contributed by atoms with E-state index in [4.69, 9.17) is 4.74 Å². The summed E-state index contributed by atoms with van der Waals surface area (Å²) in [7, 11) is 0. The molecule has 10 heteroatoms. The van der Waals surface area contributed by atoms with Crippen LogP contribution in [0.3, 0.4) is 0 Å². The van der Waals surface area contributed by atoms with E-state index >= 15 is 0 Å². The molecule has 30 heavy (non-hydrogen) atoms. The first-order chi connectivity index (χ1) is 14.6. The lowest BCUT2D eigenvalue weighted by Crippen LogP contribution is -2.43. The van der Waals surface area contributed by atoms with Crippen LogP contribution >= 0.6 is 23.1 Å². The van der Waals surface area contributed by atoms with Crippen molar-refractivity contribution in [1.29, 1.82) is 0 Å². The van der Waals surface area contributed by atoms with Crippen molar-refractivity contribution in [3.63, 3.8) is 0 Å². The van der Waals surface area contributed by atoms with Crippen LogP contribution in [-0.2, 0) is 9.53 Å². The normalized spacial score (nSPS) is 15.9. The third-order valence-corrected chi connectivity index (χ3v) is 6.72. The molecular formula is C20H22N4O4S2. The van der Waals surface area contributed by atoms with E-state index in [1.807, 2.05) is 12.3 Å². The molecule has 1 saturated heterocycles. The molecule has 1 aliphatic rings. The first-order valence-corrected chi connectivity index (χ1v) is 11.8. The van der Waals surface area contributed by atoms with Gasteiger partial charge in [-0.05, 0) is 49.6 Å². The largest absolute Gasteiger partial charge is 0.381 e. The Morgan fingerprint density at radius 2 is 2.20 bits per heavy atom. The fourth-order valence-corrected chi connectivity index (χ4v) is 4.69. The van der Waals surface area contributed by atoms with E-state index in [2.05, 4.69) is 15.3 Å². The Labute approximate surface area is 180 Å². The Bertz CT molecular complexity index is 1150. The van der Waals surface area contributed by atoms with E-state index in [-0.39, 0.29) is 5.92 Å². The van der Waals surface area contributed by atoms with Gasteiger partial charge in [0.25, 0.3) is 5.56 Å². The van der Waals surface area contributed by atoms with Gasteiger partial charge in [-0.25, -0.2) is 14.3 Å². The van der Waals surface area contributed by atoms with Crippen LogP contribution in [0.5, 0.6) is 0 Å². The number of fused-ring (bicyclic) bond motifs is 1. The zero-order valence-corrected chi connectivity index (χ0v) is 18.1. The molecule has 3 heterocycles. The van der Waals surface area contributed by atoms with E-state index in [0.29, 0.717) is 35.7 Å². The minimum absolute atomic E-state index is 0.187. The molecule has 2 N–H and O–H groups in total. The second kappa shape index (κ2) is 9.15. The van der Waals surface area contributed by atoms with Gasteiger partial charge in [0.05, 0.1) is 10.9 Å². The minimum atomic E-state index is -0.933. The van der Waals surface area contributed by atoms with Crippen LogP contribution in [0.2, 0.25) is 0 Å². The number of H-pyrrole nitrogens is 1. The zero-order chi connectivity index (χ0) is 21.1. The number of benzene rings is 1. The average Bonchev–Trinajstić information content (AvgIpc) is 3.26. The van der Waals surface area contributed by atoms with E-state index in [1.165, 1.54) is 23.1 Å². The first-order valence-electron chi connectivity index (χ1n) is 9.67. The molecule has 4 rings (SSSR count). The Hall–Kier alpha value is -2.43. The fourth-order valence-electron chi connectivity index (χ4n) is 3.72. The lowest BCUT2D eigenvalue weighted by Gasteiger charge is -2.26. The van der Waals surface area contributed by atoms with Crippen molar-refractivity contribution < 1.29 is 9.53 Å². The number of hydrogen-bond acceptors (Lipinski definition) is 7. The molecule has 8 nitrogen and oxygen atoms in total. The van der Waals surface area contributed by atoms with E-state index in [1.54, 1.807) is 23.7 Å². The van der Waals surface area contributed by atoms with Crippen molar-refractivity contribution in [2.45, 2.75) is 30.2 Å². The summed E-state index contributed by atoms with van der Waals surface area (Å²) in [6.07, 6.45) is 5.48. The topological polar surface area (TPSA) is 106 Å². The van der Waals surface area contributed by atoms with E-state index < -0.39 is 23.2 Å². The maximum atomic E-state index is 13.3. The summed E-state index contributed by atoms with van der Waals surface area (Å²) in [6, 6.07) is 4.37. The molecule has 0 spiro atoms. The number of aromatic amines is 1. The van der Waals surface area contributed by atoms with Crippen molar-refractivity contribution in [3.8, 4) is 0 Å². The molecule has 0 saturated carbocycles. The number of rotatable bonds is 6. The van der Waals surface area contributed by atoms with Crippen LogP contribution in [0.4, 0.5) is 5.13 Å². The molecule has 1 aliphatic heterocycles.